The average Bonchev–Trinajstić information content (AvgIpc) is 3.09. The molecule has 0 bridgehead atoms. The van der Waals surface area contributed by atoms with Crippen LogP contribution in [0.25, 0.3) is 0 Å². The summed E-state index contributed by atoms with van der Waals surface area (Å²) >= 11 is 0. The lowest BCUT2D eigenvalue weighted by Gasteiger charge is -2.15. The van der Waals surface area contributed by atoms with Crippen molar-refractivity contribution in [2.24, 2.45) is 0 Å². The van der Waals surface area contributed by atoms with E-state index in [2.05, 4.69) is 15.0 Å². The molecule has 0 radical (unpaired) electrons. The molecule has 1 aromatic carbocycles. The van der Waals surface area contributed by atoms with Crippen molar-refractivity contribution in [2.45, 2.75) is 19.1 Å². The van der Waals surface area contributed by atoms with E-state index >= 15 is 0 Å². The van der Waals surface area contributed by atoms with Crippen LogP contribution in [0.2, 0.25) is 0 Å². The number of anilines is 1. The molecule has 1 aromatic heterocycles. The third kappa shape index (κ3) is 3.54. The highest BCUT2D eigenvalue weighted by atomic mass is 19.1. The molecule has 3 rings (SSSR count). The first-order valence-corrected chi connectivity index (χ1v) is 7.24. The smallest absolute Gasteiger partial charge is 0.265 e. The molecule has 0 amide bonds. The van der Waals surface area contributed by atoms with Gasteiger partial charge < -0.3 is 14.2 Å². The van der Waals surface area contributed by atoms with Gasteiger partial charge in [-0.05, 0) is 23.7 Å². The zero-order valence-corrected chi connectivity index (χ0v) is 12.7. The van der Waals surface area contributed by atoms with Gasteiger partial charge in [0.1, 0.15) is 17.7 Å². The fraction of sp³-hybridized carbons (Fsp3) is 0.467. The number of ether oxygens (including phenoxy) is 1. The zero-order valence-electron chi connectivity index (χ0n) is 12.7. The van der Waals surface area contributed by atoms with Gasteiger partial charge in [-0.15, -0.1) is 0 Å². The van der Waals surface area contributed by atoms with Crippen molar-refractivity contribution >= 4 is 5.95 Å². The second kappa shape index (κ2) is 6.31. The number of nitrogens with zero attached hydrogens (tertiary/aromatic N) is 4. The van der Waals surface area contributed by atoms with Crippen molar-refractivity contribution in [2.75, 3.05) is 32.1 Å². The van der Waals surface area contributed by atoms with Gasteiger partial charge in [-0.2, -0.15) is 4.98 Å². The molecule has 7 heteroatoms. The minimum absolute atomic E-state index is 0.0537. The van der Waals surface area contributed by atoms with E-state index in [-0.39, 0.29) is 11.9 Å². The number of likely N-dealkylation sites (tertiary alicyclic amines) is 1. The summed E-state index contributed by atoms with van der Waals surface area (Å²) in [6.45, 7) is 2.25. The molecule has 1 aliphatic heterocycles. The van der Waals surface area contributed by atoms with E-state index < -0.39 is 0 Å². The van der Waals surface area contributed by atoms with Gasteiger partial charge in [-0.25, -0.2) is 4.39 Å². The zero-order chi connectivity index (χ0) is 15.5. The Balaban J connectivity index is 1.53. The number of halogens is 1. The second-order valence-corrected chi connectivity index (χ2v) is 5.60. The van der Waals surface area contributed by atoms with E-state index in [4.69, 9.17) is 9.26 Å². The standard InChI is InChI=1S/C15H19FN4O2/c1-19(2)15-17-14(22-18-15)10-20-7-6-13(9-20)21-12-5-3-4-11(16)8-12/h3-5,8,13H,6-7,9-10H2,1-2H3. The van der Waals surface area contributed by atoms with E-state index in [0.717, 1.165) is 19.5 Å². The maximum Gasteiger partial charge on any atom is 0.265 e. The van der Waals surface area contributed by atoms with Crippen LogP contribution in [0.5, 0.6) is 5.75 Å². The van der Waals surface area contributed by atoms with Crippen LogP contribution in [0.1, 0.15) is 12.3 Å². The lowest BCUT2D eigenvalue weighted by atomic mass is 10.3. The summed E-state index contributed by atoms with van der Waals surface area (Å²) in [6.07, 6.45) is 0.948. The summed E-state index contributed by atoms with van der Waals surface area (Å²) in [5.74, 6) is 1.45. The van der Waals surface area contributed by atoms with Gasteiger partial charge in [0.15, 0.2) is 0 Å². The van der Waals surface area contributed by atoms with E-state index in [1.165, 1.54) is 12.1 Å². The van der Waals surface area contributed by atoms with Crippen molar-refractivity contribution in [3.8, 4) is 5.75 Å². The normalized spacial score (nSPS) is 18.6. The lowest BCUT2D eigenvalue weighted by molar-refractivity contribution is 0.190. The number of hydrogen-bond donors (Lipinski definition) is 0. The molecule has 1 aliphatic rings. The van der Waals surface area contributed by atoms with Crippen LogP contribution < -0.4 is 9.64 Å². The molecule has 1 fully saturated rings. The Hall–Kier alpha value is -2.15. The highest BCUT2D eigenvalue weighted by molar-refractivity contribution is 5.24. The molecule has 0 N–H and O–H groups in total. The fourth-order valence-corrected chi connectivity index (χ4v) is 2.45. The van der Waals surface area contributed by atoms with E-state index in [9.17, 15) is 4.39 Å². The predicted molar refractivity (Wildman–Crippen MR) is 79.3 cm³/mol. The molecular weight excluding hydrogens is 287 g/mol. The Kier molecular flexibility index (Phi) is 4.24. The van der Waals surface area contributed by atoms with Crippen molar-refractivity contribution < 1.29 is 13.7 Å². The van der Waals surface area contributed by atoms with Gasteiger partial charge in [0, 0.05) is 33.3 Å². The Morgan fingerprint density at radius 3 is 3.05 bits per heavy atom. The lowest BCUT2D eigenvalue weighted by Crippen LogP contribution is -2.24. The fourth-order valence-electron chi connectivity index (χ4n) is 2.45. The minimum Gasteiger partial charge on any atom is -0.489 e. The van der Waals surface area contributed by atoms with E-state index in [1.807, 2.05) is 14.1 Å². The third-order valence-electron chi connectivity index (χ3n) is 3.54. The van der Waals surface area contributed by atoms with Gasteiger partial charge >= 0.3 is 0 Å². The van der Waals surface area contributed by atoms with Gasteiger partial charge in [0.05, 0.1) is 6.54 Å². The summed E-state index contributed by atoms with van der Waals surface area (Å²) in [6, 6.07) is 6.24. The Labute approximate surface area is 128 Å². The predicted octanol–water partition coefficient (Wildman–Crippen LogP) is 1.93. The molecule has 22 heavy (non-hydrogen) atoms. The SMILES string of the molecule is CN(C)c1noc(CN2CCC(Oc3cccc(F)c3)C2)n1. The van der Waals surface area contributed by atoms with Crippen LogP contribution >= 0.6 is 0 Å². The van der Waals surface area contributed by atoms with Crippen molar-refractivity contribution in [1.82, 2.24) is 15.0 Å². The monoisotopic (exact) mass is 306 g/mol. The summed E-state index contributed by atoms with van der Waals surface area (Å²) in [5, 5.41) is 3.89. The van der Waals surface area contributed by atoms with Gasteiger partial charge in [0.2, 0.25) is 5.89 Å². The van der Waals surface area contributed by atoms with Crippen LogP contribution in [-0.4, -0.2) is 48.3 Å². The molecule has 1 atom stereocenters. The van der Waals surface area contributed by atoms with Crippen molar-refractivity contribution in [1.29, 1.82) is 0 Å². The Bertz CT molecular complexity index is 632. The summed E-state index contributed by atoms with van der Waals surface area (Å²) in [7, 11) is 3.74. The highest BCUT2D eigenvalue weighted by Crippen LogP contribution is 2.20. The van der Waals surface area contributed by atoms with E-state index in [1.54, 1.807) is 17.0 Å². The van der Waals surface area contributed by atoms with Crippen LogP contribution in [-0.2, 0) is 6.54 Å². The summed E-state index contributed by atoms with van der Waals surface area (Å²) in [4.78, 5) is 8.30. The van der Waals surface area contributed by atoms with Crippen LogP contribution in [0, 0.1) is 5.82 Å². The summed E-state index contributed by atoms with van der Waals surface area (Å²) < 4.78 is 24.2. The maximum absolute atomic E-state index is 13.2. The molecule has 2 aromatic rings. The van der Waals surface area contributed by atoms with Gasteiger partial charge in [-0.3, -0.25) is 4.90 Å². The van der Waals surface area contributed by atoms with Crippen LogP contribution in [0.3, 0.4) is 0 Å². The van der Waals surface area contributed by atoms with E-state index in [0.29, 0.717) is 24.1 Å². The molecule has 0 saturated carbocycles. The number of benzene rings is 1. The second-order valence-electron chi connectivity index (χ2n) is 5.60. The molecule has 6 nitrogen and oxygen atoms in total. The average molecular weight is 306 g/mol. The third-order valence-corrected chi connectivity index (χ3v) is 3.54. The van der Waals surface area contributed by atoms with Gasteiger partial charge in [0.25, 0.3) is 5.95 Å². The molecule has 2 heterocycles. The number of rotatable bonds is 5. The molecule has 118 valence electrons. The maximum atomic E-state index is 13.2. The molecular formula is C15H19FN4O2. The van der Waals surface area contributed by atoms with Crippen LogP contribution in [0.15, 0.2) is 28.8 Å². The van der Waals surface area contributed by atoms with Crippen molar-refractivity contribution in [3.63, 3.8) is 0 Å². The van der Waals surface area contributed by atoms with Crippen molar-refractivity contribution in [3.05, 3.63) is 36.0 Å². The number of hydrogen-bond acceptors (Lipinski definition) is 6. The summed E-state index contributed by atoms with van der Waals surface area (Å²) in [5.41, 5.74) is 0. The highest BCUT2D eigenvalue weighted by Gasteiger charge is 2.25. The Morgan fingerprint density at radius 1 is 1.45 bits per heavy atom. The molecule has 0 spiro atoms. The first-order chi connectivity index (χ1) is 10.6. The Morgan fingerprint density at radius 2 is 2.32 bits per heavy atom. The molecule has 1 saturated heterocycles. The number of aromatic nitrogens is 2. The first kappa shape index (κ1) is 14.8. The van der Waals surface area contributed by atoms with Gasteiger partial charge in [-0.1, -0.05) is 6.07 Å². The quantitative estimate of drug-likeness (QED) is 0.841. The molecule has 0 aliphatic carbocycles. The van der Waals surface area contributed by atoms with Crippen LogP contribution in [0.4, 0.5) is 10.3 Å². The largest absolute Gasteiger partial charge is 0.489 e. The first-order valence-electron chi connectivity index (χ1n) is 7.24. The molecule has 1 unspecified atom stereocenters. The topological polar surface area (TPSA) is 54.6 Å². The minimum atomic E-state index is -0.283.